The molecule has 0 radical (unpaired) electrons. The summed E-state index contributed by atoms with van der Waals surface area (Å²) in [6.07, 6.45) is 2.89. The van der Waals surface area contributed by atoms with E-state index in [1.165, 1.54) is 6.08 Å². The van der Waals surface area contributed by atoms with Crippen molar-refractivity contribution < 1.29 is 14.0 Å². The molecule has 2 N–H and O–H groups in total. The van der Waals surface area contributed by atoms with Crippen molar-refractivity contribution in [3.8, 4) is 11.3 Å². The van der Waals surface area contributed by atoms with Gasteiger partial charge in [-0.3, -0.25) is 9.59 Å². The number of halogens is 3. The highest BCUT2D eigenvalue weighted by Crippen LogP contribution is 2.34. The summed E-state index contributed by atoms with van der Waals surface area (Å²) in [5.74, 6) is 0.298. The second-order valence-corrected chi connectivity index (χ2v) is 8.33. The standard InChI is InChI=1S/C26H17Cl3N2O3/c27-21-9-2-1-7-19(21)26(33)31-17-6-3-5-16(15-17)30-24(32)14-12-18-11-13-23(34-18)20-8-4-10-22(28)25(20)29/h1-15H,(H,30,32)(H,31,33). The lowest BCUT2D eigenvalue weighted by atomic mass is 10.2. The summed E-state index contributed by atoms with van der Waals surface area (Å²) in [7, 11) is 0. The van der Waals surface area contributed by atoms with Crippen LogP contribution in [-0.4, -0.2) is 11.8 Å². The fourth-order valence-corrected chi connectivity index (χ4v) is 3.76. The Balaban J connectivity index is 1.40. The van der Waals surface area contributed by atoms with E-state index < -0.39 is 0 Å². The smallest absolute Gasteiger partial charge is 0.257 e. The van der Waals surface area contributed by atoms with E-state index in [0.717, 1.165) is 0 Å². The number of hydrogen-bond donors (Lipinski definition) is 2. The van der Waals surface area contributed by atoms with Gasteiger partial charge in [-0.25, -0.2) is 0 Å². The van der Waals surface area contributed by atoms with Crippen molar-refractivity contribution in [2.75, 3.05) is 10.6 Å². The number of rotatable bonds is 6. The predicted octanol–water partition coefficient (Wildman–Crippen LogP) is 7.81. The summed E-state index contributed by atoms with van der Waals surface area (Å²) in [6.45, 7) is 0. The van der Waals surface area contributed by atoms with Gasteiger partial charge in [-0.05, 0) is 60.7 Å². The monoisotopic (exact) mass is 510 g/mol. The molecule has 0 bridgehead atoms. The van der Waals surface area contributed by atoms with Crippen LogP contribution in [-0.2, 0) is 4.79 Å². The van der Waals surface area contributed by atoms with E-state index in [1.807, 2.05) is 0 Å². The topological polar surface area (TPSA) is 71.3 Å². The maximum atomic E-state index is 12.5. The van der Waals surface area contributed by atoms with Gasteiger partial charge in [0.1, 0.15) is 11.5 Å². The van der Waals surface area contributed by atoms with Crippen LogP contribution in [0.1, 0.15) is 16.1 Å². The molecule has 4 aromatic rings. The van der Waals surface area contributed by atoms with Crippen LogP contribution in [0.2, 0.25) is 15.1 Å². The molecular formula is C26H17Cl3N2O3. The van der Waals surface area contributed by atoms with Gasteiger partial charge in [0.2, 0.25) is 5.91 Å². The third kappa shape index (κ3) is 5.69. The van der Waals surface area contributed by atoms with Crippen LogP contribution in [0.5, 0.6) is 0 Å². The van der Waals surface area contributed by atoms with Gasteiger partial charge >= 0.3 is 0 Å². The van der Waals surface area contributed by atoms with Crippen LogP contribution in [0.15, 0.2) is 89.4 Å². The van der Waals surface area contributed by atoms with Crippen LogP contribution in [0.25, 0.3) is 17.4 Å². The molecule has 0 saturated heterocycles. The minimum Gasteiger partial charge on any atom is -0.457 e. The Kier molecular flexibility index (Phi) is 7.38. The number of furan rings is 1. The lowest BCUT2D eigenvalue weighted by Crippen LogP contribution is -2.13. The number of benzene rings is 3. The number of carbonyl (C=O) groups excluding carboxylic acids is 2. The van der Waals surface area contributed by atoms with E-state index >= 15 is 0 Å². The van der Waals surface area contributed by atoms with Gasteiger partial charge in [0.05, 0.1) is 20.6 Å². The SMILES string of the molecule is O=C(C=Cc1ccc(-c2cccc(Cl)c2Cl)o1)Nc1cccc(NC(=O)c2ccccc2Cl)c1. The van der Waals surface area contributed by atoms with Crippen molar-refractivity contribution in [3.63, 3.8) is 0 Å². The molecule has 34 heavy (non-hydrogen) atoms. The number of anilines is 2. The molecule has 2 amide bonds. The highest BCUT2D eigenvalue weighted by Gasteiger charge is 2.11. The molecule has 0 aliphatic rings. The Hall–Kier alpha value is -3.51. The summed E-state index contributed by atoms with van der Waals surface area (Å²) < 4.78 is 5.75. The Labute approximate surface area is 210 Å². The van der Waals surface area contributed by atoms with Crippen LogP contribution in [0.4, 0.5) is 11.4 Å². The molecule has 0 saturated carbocycles. The molecule has 0 spiro atoms. The summed E-state index contributed by atoms with van der Waals surface area (Å²) in [4.78, 5) is 24.8. The minimum absolute atomic E-state index is 0.345. The number of amides is 2. The fourth-order valence-electron chi connectivity index (χ4n) is 3.14. The molecule has 170 valence electrons. The molecule has 3 aromatic carbocycles. The maximum Gasteiger partial charge on any atom is 0.257 e. The van der Waals surface area contributed by atoms with Crippen molar-refractivity contribution in [2.45, 2.75) is 0 Å². The molecule has 0 fully saturated rings. The molecule has 4 rings (SSSR count). The second-order valence-electron chi connectivity index (χ2n) is 7.14. The Bertz CT molecular complexity index is 1400. The zero-order chi connectivity index (χ0) is 24.1. The highest BCUT2D eigenvalue weighted by molar-refractivity contribution is 6.43. The van der Waals surface area contributed by atoms with E-state index in [1.54, 1.807) is 84.9 Å². The van der Waals surface area contributed by atoms with Crippen LogP contribution >= 0.6 is 34.8 Å². The summed E-state index contributed by atoms with van der Waals surface area (Å²) in [5.41, 5.74) is 2.05. The first-order valence-electron chi connectivity index (χ1n) is 10.1. The summed E-state index contributed by atoms with van der Waals surface area (Å²) in [6, 6.07) is 22.3. The molecule has 0 aliphatic heterocycles. The number of nitrogens with one attached hydrogen (secondary N) is 2. The van der Waals surface area contributed by atoms with Gasteiger partial charge in [0.15, 0.2) is 0 Å². The molecule has 0 unspecified atom stereocenters. The average molecular weight is 512 g/mol. The van der Waals surface area contributed by atoms with Gasteiger partial charge in [0.25, 0.3) is 5.91 Å². The third-order valence-corrected chi connectivity index (χ3v) is 5.90. The first-order valence-corrected chi connectivity index (χ1v) is 11.2. The number of carbonyl (C=O) groups is 2. The largest absolute Gasteiger partial charge is 0.457 e. The van der Waals surface area contributed by atoms with Crippen molar-refractivity contribution in [1.29, 1.82) is 0 Å². The van der Waals surface area contributed by atoms with Gasteiger partial charge < -0.3 is 15.1 Å². The Morgan fingerprint density at radius 2 is 1.47 bits per heavy atom. The Morgan fingerprint density at radius 1 is 0.765 bits per heavy atom. The summed E-state index contributed by atoms with van der Waals surface area (Å²) in [5, 5.41) is 6.70. The lowest BCUT2D eigenvalue weighted by Gasteiger charge is -2.09. The van der Waals surface area contributed by atoms with Crippen molar-refractivity contribution in [3.05, 3.63) is 111 Å². The van der Waals surface area contributed by atoms with Crippen molar-refractivity contribution in [1.82, 2.24) is 0 Å². The molecular weight excluding hydrogens is 495 g/mol. The summed E-state index contributed by atoms with van der Waals surface area (Å²) >= 11 is 18.4. The maximum absolute atomic E-state index is 12.5. The molecule has 0 atom stereocenters. The van der Waals surface area contributed by atoms with Crippen molar-refractivity contribution in [2.24, 2.45) is 0 Å². The van der Waals surface area contributed by atoms with Gasteiger partial charge in [0, 0.05) is 23.0 Å². The molecule has 0 aliphatic carbocycles. The van der Waals surface area contributed by atoms with Crippen molar-refractivity contribution >= 4 is 64.1 Å². The second kappa shape index (κ2) is 10.6. The van der Waals surface area contributed by atoms with E-state index in [4.69, 9.17) is 39.2 Å². The quantitative estimate of drug-likeness (QED) is 0.259. The first kappa shape index (κ1) is 23.6. The van der Waals surface area contributed by atoms with E-state index in [2.05, 4.69) is 10.6 Å². The first-order chi connectivity index (χ1) is 16.4. The fraction of sp³-hybridized carbons (Fsp3) is 0. The molecule has 1 aromatic heterocycles. The third-order valence-electron chi connectivity index (χ3n) is 4.75. The predicted molar refractivity (Wildman–Crippen MR) is 138 cm³/mol. The van der Waals surface area contributed by atoms with E-state index in [9.17, 15) is 9.59 Å². The van der Waals surface area contributed by atoms with Crippen LogP contribution in [0, 0.1) is 0 Å². The normalized spacial score (nSPS) is 10.9. The molecule has 8 heteroatoms. The number of hydrogen-bond acceptors (Lipinski definition) is 3. The van der Waals surface area contributed by atoms with Gasteiger partial charge in [-0.15, -0.1) is 0 Å². The van der Waals surface area contributed by atoms with Crippen LogP contribution < -0.4 is 10.6 Å². The average Bonchev–Trinajstić information content (AvgIpc) is 3.29. The van der Waals surface area contributed by atoms with E-state index in [-0.39, 0.29) is 11.8 Å². The van der Waals surface area contributed by atoms with E-state index in [0.29, 0.717) is 49.1 Å². The molecule has 5 nitrogen and oxygen atoms in total. The highest BCUT2D eigenvalue weighted by atomic mass is 35.5. The zero-order valence-corrected chi connectivity index (χ0v) is 19.8. The zero-order valence-electron chi connectivity index (χ0n) is 17.5. The minimum atomic E-state index is -0.367. The van der Waals surface area contributed by atoms with Crippen LogP contribution in [0.3, 0.4) is 0 Å². The van der Waals surface area contributed by atoms with Gasteiger partial charge in [-0.2, -0.15) is 0 Å². The lowest BCUT2D eigenvalue weighted by molar-refractivity contribution is -0.111. The Morgan fingerprint density at radius 3 is 2.26 bits per heavy atom. The molecule has 1 heterocycles. The van der Waals surface area contributed by atoms with Gasteiger partial charge in [-0.1, -0.05) is 59.1 Å².